The molecule has 3 aromatic rings. The Morgan fingerprint density at radius 3 is 1.98 bits per heavy atom. The van der Waals surface area contributed by atoms with Gasteiger partial charge in [-0.3, -0.25) is 9.59 Å². The highest BCUT2D eigenvalue weighted by Crippen LogP contribution is 2.37. The molecule has 1 heterocycles. The molecule has 44 heavy (non-hydrogen) atoms. The summed E-state index contributed by atoms with van der Waals surface area (Å²) in [6, 6.07) is 27.1. The van der Waals surface area contributed by atoms with Crippen molar-refractivity contribution in [2.75, 3.05) is 6.54 Å². The van der Waals surface area contributed by atoms with E-state index in [2.05, 4.69) is 6.92 Å². The maximum Gasteiger partial charge on any atom is 0.335 e. The number of benzene rings is 3. The lowest BCUT2D eigenvalue weighted by Crippen LogP contribution is -2.37. The van der Waals surface area contributed by atoms with E-state index in [1.54, 1.807) is 23.9 Å². The molecule has 1 aliphatic rings. The van der Waals surface area contributed by atoms with Crippen LogP contribution in [-0.4, -0.2) is 49.9 Å². The van der Waals surface area contributed by atoms with E-state index in [9.17, 15) is 14.4 Å². The Balaban J connectivity index is 1.38. The summed E-state index contributed by atoms with van der Waals surface area (Å²) in [5.41, 5.74) is 3.55. The van der Waals surface area contributed by atoms with E-state index >= 15 is 0 Å². The number of amides is 2. The maximum atomic E-state index is 13.8. The summed E-state index contributed by atoms with van der Waals surface area (Å²) in [7, 11) is 0. The zero-order chi connectivity index (χ0) is 31.1. The van der Waals surface area contributed by atoms with Gasteiger partial charge in [-0.25, -0.2) is 4.79 Å². The monoisotopic (exact) mass is 614 g/mol. The number of aromatic carboxylic acids is 1. The van der Waals surface area contributed by atoms with E-state index in [1.807, 2.05) is 82.6 Å². The smallest absolute Gasteiger partial charge is 0.335 e. The molecule has 3 aromatic carbocycles. The van der Waals surface area contributed by atoms with Gasteiger partial charge in [-0.2, -0.15) is 0 Å². The predicted molar refractivity (Wildman–Crippen MR) is 178 cm³/mol. The van der Waals surface area contributed by atoms with Crippen LogP contribution in [0.15, 0.2) is 84.9 Å². The van der Waals surface area contributed by atoms with Gasteiger partial charge < -0.3 is 14.9 Å². The minimum atomic E-state index is -0.918. The van der Waals surface area contributed by atoms with Crippen molar-refractivity contribution in [1.82, 2.24) is 9.80 Å². The van der Waals surface area contributed by atoms with Crippen molar-refractivity contribution in [2.24, 2.45) is 0 Å². The van der Waals surface area contributed by atoms with Crippen LogP contribution >= 0.6 is 11.8 Å². The van der Waals surface area contributed by atoms with Gasteiger partial charge in [-0.15, -0.1) is 11.8 Å². The topological polar surface area (TPSA) is 77.9 Å². The zero-order valence-electron chi connectivity index (χ0n) is 25.9. The number of carboxylic acid groups (broad SMARTS) is 1. The summed E-state index contributed by atoms with van der Waals surface area (Å²) in [4.78, 5) is 42.6. The van der Waals surface area contributed by atoms with Crippen LogP contribution in [0.3, 0.4) is 0 Å². The summed E-state index contributed by atoms with van der Waals surface area (Å²) >= 11 is 1.68. The van der Waals surface area contributed by atoms with Crippen molar-refractivity contribution in [3.63, 3.8) is 0 Å². The van der Waals surface area contributed by atoms with Crippen molar-refractivity contribution in [1.29, 1.82) is 0 Å². The summed E-state index contributed by atoms with van der Waals surface area (Å²) < 4.78 is 0. The number of carbonyl (C=O) groups excluding carboxylic acids is 2. The van der Waals surface area contributed by atoms with Crippen molar-refractivity contribution in [3.8, 4) is 0 Å². The Morgan fingerprint density at radius 1 is 0.773 bits per heavy atom. The van der Waals surface area contributed by atoms with E-state index < -0.39 is 5.97 Å². The lowest BCUT2D eigenvalue weighted by molar-refractivity contribution is -0.136. The van der Waals surface area contributed by atoms with Crippen LogP contribution < -0.4 is 0 Å². The lowest BCUT2D eigenvalue weighted by Gasteiger charge is -2.24. The van der Waals surface area contributed by atoms with E-state index in [0.717, 1.165) is 48.8 Å². The van der Waals surface area contributed by atoms with Gasteiger partial charge in [-0.1, -0.05) is 112 Å². The number of carboxylic acids is 1. The second kappa shape index (κ2) is 17.6. The quantitative estimate of drug-likeness (QED) is 0.147. The lowest BCUT2D eigenvalue weighted by atomic mass is 10.1. The van der Waals surface area contributed by atoms with Gasteiger partial charge in [-0.05, 0) is 54.5 Å². The highest BCUT2D eigenvalue weighted by Gasteiger charge is 2.41. The van der Waals surface area contributed by atoms with E-state index in [4.69, 9.17) is 5.11 Å². The molecule has 2 amide bonds. The summed E-state index contributed by atoms with van der Waals surface area (Å²) in [5, 5.41) is 8.89. The fourth-order valence-corrected chi connectivity index (χ4v) is 7.27. The first-order chi connectivity index (χ1) is 21.4. The predicted octanol–water partition coefficient (Wildman–Crippen LogP) is 7.96. The van der Waals surface area contributed by atoms with Gasteiger partial charge in [0.25, 0.3) is 0 Å². The number of hydrogen-bond acceptors (Lipinski definition) is 4. The first-order valence-electron chi connectivity index (χ1n) is 16.1. The number of unbranched alkanes of at least 4 members (excludes halogenated alkanes) is 5. The van der Waals surface area contributed by atoms with Gasteiger partial charge in [0.1, 0.15) is 0 Å². The summed E-state index contributed by atoms with van der Waals surface area (Å²) in [6.07, 6.45) is 9.71. The van der Waals surface area contributed by atoms with Crippen LogP contribution in [0.25, 0.3) is 0 Å². The van der Waals surface area contributed by atoms with Gasteiger partial charge in [0.2, 0.25) is 11.8 Å². The van der Waals surface area contributed by atoms with Gasteiger partial charge in [0, 0.05) is 26.1 Å². The van der Waals surface area contributed by atoms with Crippen molar-refractivity contribution in [3.05, 3.63) is 107 Å². The molecule has 0 saturated carbocycles. The molecule has 7 heteroatoms. The molecule has 2 atom stereocenters. The molecule has 1 saturated heterocycles. The third-order valence-corrected chi connectivity index (χ3v) is 9.74. The second-order valence-electron chi connectivity index (χ2n) is 11.7. The molecular formula is C37H46N2O4S. The maximum absolute atomic E-state index is 13.8. The average Bonchev–Trinajstić information content (AvgIpc) is 3.33. The summed E-state index contributed by atoms with van der Waals surface area (Å²) in [5.74, 6) is -0.817. The molecule has 1 aliphatic heterocycles. The molecule has 0 bridgehead atoms. The van der Waals surface area contributed by atoms with Crippen LogP contribution in [0.1, 0.15) is 91.8 Å². The van der Waals surface area contributed by atoms with Crippen LogP contribution in [0.5, 0.6) is 0 Å². The normalized spacial score (nSPS) is 16.3. The molecule has 0 spiro atoms. The minimum absolute atomic E-state index is 0.0110. The van der Waals surface area contributed by atoms with Crippen molar-refractivity contribution in [2.45, 2.75) is 94.8 Å². The Bertz CT molecular complexity index is 1270. The Morgan fingerprint density at radius 2 is 1.39 bits per heavy atom. The van der Waals surface area contributed by atoms with Gasteiger partial charge in [0.05, 0.1) is 16.2 Å². The molecule has 0 aliphatic carbocycles. The van der Waals surface area contributed by atoms with E-state index in [0.29, 0.717) is 25.2 Å². The number of carbonyl (C=O) groups is 3. The highest BCUT2D eigenvalue weighted by atomic mass is 32.2. The Kier molecular flexibility index (Phi) is 13.4. The number of rotatable bonds is 18. The summed E-state index contributed by atoms with van der Waals surface area (Å²) in [6.45, 7) is 3.92. The van der Waals surface area contributed by atoms with Crippen LogP contribution in [0, 0.1) is 0 Å². The van der Waals surface area contributed by atoms with Crippen LogP contribution in [0.2, 0.25) is 0 Å². The number of hydrogen-bond donors (Lipinski definition) is 1. The van der Waals surface area contributed by atoms with Gasteiger partial charge >= 0.3 is 5.97 Å². The number of aryl methyl sites for hydroxylation is 1. The van der Waals surface area contributed by atoms with E-state index in [1.165, 1.54) is 25.7 Å². The largest absolute Gasteiger partial charge is 0.478 e. The van der Waals surface area contributed by atoms with Crippen molar-refractivity contribution >= 4 is 29.5 Å². The fraction of sp³-hybridized carbons (Fsp3) is 0.432. The third kappa shape index (κ3) is 10.3. The van der Waals surface area contributed by atoms with E-state index in [-0.39, 0.29) is 28.9 Å². The molecule has 0 aromatic heterocycles. The molecule has 0 radical (unpaired) electrons. The van der Waals surface area contributed by atoms with Crippen LogP contribution in [0.4, 0.5) is 0 Å². The first-order valence-corrected chi connectivity index (χ1v) is 17.0. The standard InChI is InChI=1S/C37H46N2O4S/c1-2-3-4-5-12-20-35-39(25-14-13-15-29-21-23-32(24-22-29)37(42)43)36(41)33(44-35)26-34(40)38(27-30-16-8-6-9-17-30)28-31-18-10-7-11-19-31/h6-11,16-19,21-24,33,35H,2-5,12-15,20,25-28H2,1H3,(H,42,43)/t33-,35-/m1/s1. The number of thioether (sulfide) groups is 1. The average molecular weight is 615 g/mol. The molecule has 0 unspecified atom stereocenters. The Labute approximate surface area is 266 Å². The van der Waals surface area contributed by atoms with Crippen molar-refractivity contribution < 1.29 is 19.5 Å². The molecule has 6 nitrogen and oxygen atoms in total. The second-order valence-corrected chi connectivity index (χ2v) is 13.1. The molecule has 1 fully saturated rings. The number of nitrogens with zero attached hydrogens (tertiary/aromatic N) is 2. The molecule has 234 valence electrons. The zero-order valence-corrected chi connectivity index (χ0v) is 26.7. The highest BCUT2D eigenvalue weighted by molar-refractivity contribution is 8.01. The molecular weight excluding hydrogens is 568 g/mol. The first kappa shape index (κ1) is 33.3. The molecule has 4 rings (SSSR count). The molecule has 1 N–H and O–H groups in total. The Hall–Kier alpha value is -3.58. The third-order valence-electron chi connectivity index (χ3n) is 8.24. The SMILES string of the molecule is CCCCCCC[C@H]1S[C@H](CC(=O)N(Cc2ccccc2)Cc2ccccc2)C(=O)N1CCCCc1ccc(C(=O)O)cc1. The fourth-order valence-electron chi connectivity index (χ4n) is 5.74. The van der Waals surface area contributed by atoms with Gasteiger partial charge in [0.15, 0.2) is 0 Å². The minimum Gasteiger partial charge on any atom is -0.478 e. The van der Waals surface area contributed by atoms with Crippen LogP contribution in [-0.2, 0) is 29.1 Å².